The molecule has 118 valence electrons. The van der Waals surface area contributed by atoms with Crippen molar-refractivity contribution < 1.29 is 18.7 Å². The summed E-state index contributed by atoms with van der Waals surface area (Å²) in [7, 11) is 0. The van der Waals surface area contributed by atoms with Gasteiger partial charge < -0.3 is 19.8 Å². The van der Waals surface area contributed by atoms with Crippen LogP contribution in [0.15, 0.2) is 47.1 Å². The van der Waals surface area contributed by atoms with E-state index >= 15 is 0 Å². The van der Waals surface area contributed by atoms with Gasteiger partial charge in [0, 0.05) is 18.7 Å². The van der Waals surface area contributed by atoms with Gasteiger partial charge in [0.15, 0.2) is 5.76 Å². The first-order valence-corrected chi connectivity index (χ1v) is 6.93. The predicted octanol–water partition coefficient (Wildman–Crippen LogP) is 2.05. The SMILES string of the molecule is CC(=O)Nc1cccc(OCC#CCNC(=O)c2ccco2)c1. The zero-order valence-corrected chi connectivity index (χ0v) is 12.6. The van der Waals surface area contributed by atoms with E-state index in [1.807, 2.05) is 0 Å². The van der Waals surface area contributed by atoms with E-state index in [1.54, 1.807) is 36.4 Å². The Labute approximate surface area is 133 Å². The molecule has 0 atom stereocenters. The van der Waals surface area contributed by atoms with Crippen molar-refractivity contribution >= 4 is 17.5 Å². The third-order valence-corrected chi connectivity index (χ3v) is 2.67. The van der Waals surface area contributed by atoms with E-state index in [9.17, 15) is 9.59 Å². The van der Waals surface area contributed by atoms with Crippen LogP contribution in [0.1, 0.15) is 17.5 Å². The number of ether oxygens (including phenoxy) is 1. The normalized spacial score (nSPS) is 9.43. The zero-order valence-electron chi connectivity index (χ0n) is 12.6. The number of hydrogen-bond donors (Lipinski definition) is 2. The molecule has 0 bridgehead atoms. The highest BCUT2D eigenvalue weighted by molar-refractivity contribution is 5.91. The highest BCUT2D eigenvalue weighted by Gasteiger charge is 2.05. The Balaban J connectivity index is 1.73. The number of furan rings is 1. The van der Waals surface area contributed by atoms with Gasteiger partial charge in [0.05, 0.1) is 12.8 Å². The fourth-order valence-electron chi connectivity index (χ4n) is 1.72. The van der Waals surface area contributed by atoms with Crippen LogP contribution >= 0.6 is 0 Å². The van der Waals surface area contributed by atoms with Gasteiger partial charge in [-0.3, -0.25) is 9.59 Å². The number of benzene rings is 1. The van der Waals surface area contributed by atoms with Crippen molar-refractivity contribution in [2.75, 3.05) is 18.5 Å². The first kappa shape index (κ1) is 16.2. The molecule has 0 aliphatic carbocycles. The summed E-state index contributed by atoms with van der Waals surface area (Å²) in [6, 6.07) is 10.2. The fourth-order valence-corrected chi connectivity index (χ4v) is 1.72. The van der Waals surface area contributed by atoms with E-state index in [0.717, 1.165) is 0 Å². The molecule has 0 spiro atoms. The third-order valence-electron chi connectivity index (χ3n) is 2.67. The van der Waals surface area contributed by atoms with Crippen LogP contribution in [0.25, 0.3) is 0 Å². The predicted molar refractivity (Wildman–Crippen MR) is 85.1 cm³/mol. The lowest BCUT2D eigenvalue weighted by atomic mass is 10.3. The van der Waals surface area contributed by atoms with E-state index in [2.05, 4.69) is 22.5 Å². The number of anilines is 1. The van der Waals surface area contributed by atoms with Gasteiger partial charge in [0.2, 0.25) is 5.91 Å². The molecule has 23 heavy (non-hydrogen) atoms. The number of amides is 2. The van der Waals surface area contributed by atoms with Crippen LogP contribution in [0.5, 0.6) is 5.75 Å². The first-order chi connectivity index (χ1) is 11.1. The van der Waals surface area contributed by atoms with Crippen LogP contribution in [0.2, 0.25) is 0 Å². The molecular weight excluding hydrogens is 296 g/mol. The van der Waals surface area contributed by atoms with Crippen molar-refractivity contribution in [3.05, 3.63) is 48.4 Å². The molecule has 1 aromatic heterocycles. The lowest BCUT2D eigenvalue weighted by Crippen LogP contribution is -2.23. The maximum absolute atomic E-state index is 11.5. The number of hydrogen-bond acceptors (Lipinski definition) is 4. The minimum absolute atomic E-state index is 0.144. The lowest BCUT2D eigenvalue weighted by molar-refractivity contribution is -0.114. The Morgan fingerprint density at radius 1 is 1.22 bits per heavy atom. The quantitative estimate of drug-likeness (QED) is 0.828. The van der Waals surface area contributed by atoms with Gasteiger partial charge in [-0.15, -0.1) is 0 Å². The van der Waals surface area contributed by atoms with Crippen molar-refractivity contribution in [3.8, 4) is 17.6 Å². The molecule has 0 saturated heterocycles. The Hall–Kier alpha value is -3.20. The minimum Gasteiger partial charge on any atom is -0.481 e. The molecule has 0 aliphatic rings. The van der Waals surface area contributed by atoms with Crippen LogP contribution in [0.3, 0.4) is 0 Å². The van der Waals surface area contributed by atoms with Crippen molar-refractivity contribution in [2.45, 2.75) is 6.92 Å². The number of carbonyl (C=O) groups is 2. The van der Waals surface area contributed by atoms with Crippen LogP contribution in [0, 0.1) is 11.8 Å². The molecule has 0 unspecified atom stereocenters. The van der Waals surface area contributed by atoms with Crippen LogP contribution in [-0.4, -0.2) is 25.0 Å². The molecule has 0 radical (unpaired) electrons. The molecule has 2 aromatic rings. The highest BCUT2D eigenvalue weighted by atomic mass is 16.5. The van der Waals surface area contributed by atoms with E-state index in [0.29, 0.717) is 11.4 Å². The summed E-state index contributed by atoms with van der Waals surface area (Å²) >= 11 is 0. The Bertz CT molecular complexity index is 727. The Kier molecular flexibility index (Phi) is 5.83. The average Bonchev–Trinajstić information content (AvgIpc) is 3.04. The standard InChI is InChI=1S/C17H16N2O4/c1-13(20)19-14-6-4-7-15(12-14)22-10-3-2-9-18-17(21)16-8-5-11-23-16/h4-8,11-12H,9-10H2,1H3,(H,18,21)(H,19,20). The summed E-state index contributed by atoms with van der Waals surface area (Å²) < 4.78 is 10.4. The van der Waals surface area contributed by atoms with Crippen LogP contribution in [0.4, 0.5) is 5.69 Å². The van der Waals surface area contributed by atoms with Gasteiger partial charge in [0.25, 0.3) is 5.91 Å². The fraction of sp³-hybridized carbons (Fsp3) is 0.176. The van der Waals surface area contributed by atoms with Crippen LogP contribution < -0.4 is 15.4 Å². The summed E-state index contributed by atoms with van der Waals surface area (Å²) in [6.07, 6.45) is 1.43. The smallest absolute Gasteiger partial charge is 0.287 e. The number of nitrogens with one attached hydrogen (secondary N) is 2. The Morgan fingerprint density at radius 2 is 2.09 bits per heavy atom. The summed E-state index contributed by atoms with van der Waals surface area (Å²) in [6.45, 7) is 1.82. The van der Waals surface area contributed by atoms with E-state index in [4.69, 9.17) is 9.15 Å². The molecule has 2 N–H and O–H groups in total. The van der Waals surface area contributed by atoms with Crippen molar-refractivity contribution in [2.24, 2.45) is 0 Å². The van der Waals surface area contributed by atoms with Gasteiger partial charge in [0.1, 0.15) is 12.4 Å². The van der Waals surface area contributed by atoms with E-state index in [1.165, 1.54) is 13.2 Å². The van der Waals surface area contributed by atoms with Crippen molar-refractivity contribution in [1.29, 1.82) is 0 Å². The molecular formula is C17H16N2O4. The topological polar surface area (TPSA) is 80.6 Å². The maximum Gasteiger partial charge on any atom is 0.287 e. The summed E-state index contributed by atoms with van der Waals surface area (Å²) in [5, 5.41) is 5.28. The van der Waals surface area contributed by atoms with E-state index < -0.39 is 0 Å². The summed E-state index contributed by atoms with van der Waals surface area (Å²) in [5.41, 5.74) is 0.661. The van der Waals surface area contributed by atoms with Gasteiger partial charge in [-0.05, 0) is 24.3 Å². The molecule has 6 nitrogen and oxygen atoms in total. The third kappa shape index (κ3) is 5.59. The number of carbonyl (C=O) groups excluding carboxylic acids is 2. The average molecular weight is 312 g/mol. The second-order valence-corrected chi connectivity index (χ2v) is 4.51. The van der Waals surface area contributed by atoms with Gasteiger partial charge in [-0.2, -0.15) is 0 Å². The number of rotatable bonds is 5. The molecule has 6 heteroatoms. The Morgan fingerprint density at radius 3 is 2.83 bits per heavy atom. The minimum atomic E-state index is -0.312. The zero-order chi connectivity index (χ0) is 16.5. The van der Waals surface area contributed by atoms with Crippen molar-refractivity contribution in [3.63, 3.8) is 0 Å². The summed E-state index contributed by atoms with van der Waals surface area (Å²) in [4.78, 5) is 22.5. The molecule has 0 saturated carbocycles. The monoisotopic (exact) mass is 312 g/mol. The molecule has 2 rings (SSSR count). The lowest BCUT2D eigenvalue weighted by Gasteiger charge is -2.05. The van der Waals surface area contributed by atoms with Crippen molar-refractivity contribution in [1.82, 2.24) is 5.32 Å². The molecule has 1 heterocycles. The molecule has 2 amide bonds. The first-order valence-electron chi connectivity index (χ1n) is 6.93. The van der Waals surface area contributed by atoms with Gasteiger partial charge in [-0.1, -0.05) is 17.9 Å². The second-order valence-electron chi connectivity index (χ2n) is 4.51. The molecule has 1 aromatic carbocycles. The largest absolute Gasteiger partial charge is 0.481 e. The summed E-state index contributed by atoms with van der Waals surface area (Å²) in [5.74, 6) is 5.96. The highest BCUT2D eigenvalue weighted by Crippen LogP contribution is 2.16. The maximum atomic E-state index is 11.5. The molecule has 0 aliphatic heterocycles. The second kappa shape index (κ2) is 8.29. The van der Waals surface area contributed by atoms with Gasteiger partial charge in [-0.25, -0.2) is 0 Å². The molecule has 0 fully saturated rings. The van der Waals surface area contributed by atoms with Crippen LogP contribution in [-0.2, 0) is 4.79 Å². The van der Waals surface area contributed by atoms with Gasteiger partial charge >= 0.3 is 0 Å². The van der Waals surface area contributed by atoms with E-state index in [-0.39, 0.29) is 30.7 Å².